The molecule has 0 aliphatic heterocycles. The Balaban J connectivity index is 2.30. The summed E-state index contributed by atoms with van der Waals surface area (Å²) in [6.45, 7) is 1.62. The van der Waals surface area contributed by atoms with Gasteiger partial charge in [-0.1, -0.05) is 41.4 Å². The fourth-order valence-electron chi connectivity index (χ4n) is 1.88. The molecule has 0 radical (unpaired) electrons. The van der Waals surface area contributed by atoms with E-state index in [0.717, 1.165) is 6.07 Å². The molecule has 1 N–H and O–H groups in total. The summed E-state index contributed by atoms with van der Waals surface area (Å²) in [5.74, 6) is -0.806. The third-order valence-electron chi connectivity index (χ3n) is 2.89. The summed E-state index contributed by atoms with van der Waals surface area (Å²) in [7, 11) is -3.98. The lowest BCUT2D eigenvalue weighted by molar-refractivity contribution is 0.547. The molecule has 3 nitrogen and oxygen atoms in total. The van der Waals surface area contributed by atoms with Crippen LogP contribution in [-0.4, -0.2) is 8.42 Å². The van der Waals surface area contributed by atoms with E-state index in [4.69, 9.17) is 23.2 Å². The van der Waals surface area contributed by atoms with Crippen LogP contribution in [-0.2, 0) is 10.0 Å². The van der Waals surface area contributed by atoms with E-state index in [2.05, 4.69) is 4.72 Å². The lowest BCUT2D eigenvalue weighted by atomic mass is 10.1. The third kappa shape index (κ3) is 3.74. The van der Waals surface area contributed by atoms with Crippen LogP contribution in [0.4, 0.5) is 4.39 Å². The molecule has 1 unspecified atom stereocenters. The average Bonchev–Trinajstić information content (AvgIpc) is 2.38. The van der Waals surface area contributed by atoms with Crippen LogP contribution >= 0.6 is 23.2 Å². The van der Waals surface area contributed by atoms with E-state index in [9.17, 15) is 12.8 Å². The normalized spacial score (nSPS) is 13.1. The van der Waals surface area contributed by atoms with E-state index in [-0.39, 0.29) is 0 Å². The predicted octanol–water partition coefficient (Wildman–Crippen LogP) is 4.17. The van der Waals surface area contributed by atoms with Crippen molar-refractivity contribution in [3.8, 4) is 0 Å². The van der Waals surface area contributed by atoms with Crippen LogP contribution in [0, 0.1) is 5.82 Å². The number of hydrogen-bond acceptors (Lipinski definition) is 2. The summed E-state index contributed by atoms with van der Waals surface area (Å²) in [6.07, 6.45) is 0. The topological polar surface area (TPSA) is 46.2 Å². The largest absolute Gasteiger partial charge is 0.244 e. The minimum atomic E-state index is -3.98. The second-order valence-electron chi connectivity index (χ2n) is 4.44. The molecule has 0 aliphatic rings. The lowest BCUT2D eigenvalue weighted by Gasteiger charge is -2.16. The molecule has 0 aliphatic carbocycles. The predicted molar refractivity (Wildman–Crippen MR) is 81.6 cm³/mol. The summed E-state index contributed by atoms with van der Waals surface area (Å²) in [4.78, 5) is -0.401. The first-order valence-corrected chi connectivity index (χ1v) is 8.27. The van der Waals surface area contributed by atoms with Crippen molar-refractivity contribution in [2.45, 2.75) is 17.9 Å². The van der Waals surface area contributed by atoms with Gasteiger partial charge in [0.25, 0.3) is 0 Å². The first kappa shape index (κ1) is 16.2. The van der Waals surface area contributed by atoms with E-state index < -0.39 is 26.8 Å². The van der Waals surface area contributed by atoms with E-state index in [0.29, 0.717) is 15.6 Å². The highest BCUT2D eigenvalue weighted by Gasteiger charge is 2.22. The molecule has 1 atom stereocenters. The lowest BCUT2D eigenvalue weighted by Crippen LogP contribution is -2.27. The third-order valence-corrected chi connectivity index (χ3v) is 5.02. The Hall–Kier alpha value is -1.14. The summed E-state index contributed by atoms with van der Waals surface area (Å²) < 4.78 is 40.4. The van der Waals surface area contributed by atoms with Gasteiger partial charge in [0.15, 0.2) is 0 Å². The molecule has 0 bridgehead atoms. The second-order valence-corrected chi connectivity index (χ2v) is 6.97. The van der Waals surface area contributed by atoms with Gasteiger partial charge in [0.05, 0.1) is 0 Å². The summed E-state index contributed by atoms with van der Waals surface area (Å²) >= 11 is 11.8. The number of sulfonamides is 1. The Morgan fingerprint density at radius 3 is 2.43 bits per heavy atom. The van der Waals surface area contributed by atoms with Crippen molar-refractivity contribution in [1.82, 2.24) is 4.72 Å². The van der Waals surface area contributed by atoms with Crippen molar-refractivity contribution < 1.29 is 12.8 Å². The van der Waals surface area contributed by atoms with Gasteiger partial charge in [-0.05, 0) is 36.8 Å². The van der Waals surface area contributed by atoms with E-state index in [1.165, 1.54) is 24.3 Å². The van der Waals surface area contributed by atoms with Crippen LogP contribution in [0.1, 0.15) is 18.5 Å². The fourth-order valence-corrected chi connectivity index (χ4v) is 3.75. The highest BCUT2D eigenvalue weighted by atomic mass is 35.5. The van der Waals surface area contributed by atoms with Crippen LogP contribution < -0.4 is 4.72 Å². The first-order chi connectivity index (χ1) is 9.81. The molecule has 21 heavy (non-hydrogen) atoms. The van der Waals surface area contributed by atoms with Gasteiger partial charge in [-0.25, -0.2) is 17.5 Å². The Bertz CT molecular complexity index is 765. The van der Waals surface area contributed by atoms with Crippen molar-refractivity contribution >= 4 is 33.2 Å². The molecule has 2 aromatic carbocycles. The molecule has 0 heterocycles. The van der Waals surface area contributed by atoms with Gasteiger partial charge >= 0.3 is 0 Å². The van der Waals surface area contributed by atoms with Gasteiger partial charge in [0.2, 0.25) is 10.0 Å². The number of benzene rings is 2. The summed E-state index contributed by atoms with van der Waals surface area (Å²) in [6, 6.07) is 9.30. The molecule has 0 spiro atoms. The van der Waals surface area contributed by atoms with Crippen LogP contribution in [0.15, 0.2) is 47.4 Å². The van der Waals surface area contributed by atoms with Crippen molar-refractivity contribution in [1.29, 1.82) is 0 Å². The summed E-state index contributed by atoms with van der Waals surface area (Å²) in [5.41, 5.74) is 0.556. The highest BCUT2D eigenvalue weighted by Crippen LogP contribution is 2.27. The SMILES string of the molecule is CC(NS(=O)(=O)c1ccccc1F)c1ccc(Cl)cc1Cl. The maximum Gasteiger partial charge on any atom is 0.244 e. The molecular weight excluding hydrogens is 336 g/mol. The maximum absolute atomic E-state index is 13.6. The highest BCUT2D eigenvalue weighted by molar-refractivity contribution is 7.89. The van der Waals surface area contributed by atoms with E-state index >= 15 is 0 Å². The molecule has 112 valence electrons. The Morgan fingerprint density at radius 1 is 1.14 bits per heavy atom. The molecule has 2 aromatic rings. The molecule has 0 saturated heterocycles. The molecule has 0 fully saturated rings. The van der Waals surface area contributed by atoms with Gasteiger partial charge in [-0.3, -0.25) is 0 Å². The van der Waals surface area contributed by atoms with Crippen molar-refractivity contribution in [2.24, 2.45) is 0 Å². The maximum atomic E-state index is 13.6. The monoisotopic (exact) mass is 347 g/mol. The zero-order valence-corrected chi connectivity index (χ0v) is 13.3. The molecule has 7 heteroatoms. The average molecular weight is 348 g/mol. The zero-order valence-electron chi connectivity index (χ0n) is 11.0. The number of halogens is 3. The first-order valence-electron chi connectivity index (χ1n) is 6.03. The molecule has 0 saturated carbocycles. The molecular formula is C14H12Cl2FNO2S. The molecule has 0 aromatic heterocycles. The van der Waals surface area contributed by atoms with Crippen LogP contribution in [0.3, 0.4) is 0 Å². The van der Waals surface area contributed by atoms with Gasteiger partial charge in [-0.15, -0.1) is 0 Å². The van der Waals surface area contributed by atoms with Crippen LogP contribution in [0.2, 0.25) is 10.0 Å². The minimum absolute atomic E-state index is 0.339. The number of nitrogens with one attached hydrogen (secondary N) is 1. The zero-order chi connectivity index (χ0) is 15.6. The van der Waals surface area contributed by atoms with Crippen LogP contribution in [0.25, 0.3) is 0 Å². The second kappa shape index (κ2) is 6.32. The molecule has 0 amide bonds. The fraction of sp³-hybridized carbons (Fsp3) is 0.143. The van der Waals surface area contributed by atoms with Gasteiger partial charge in [0.1, 0.15) is 10.7 Å². The Morgan fingerprint density at radius 2 is 1.81 bits per heavy atom. The van der Waals surface area contributed by atoms with Gasteiger partial charge in [0, 0.05) is 16.1 Å². The van der Waals surface area contributed by atoms with Crippen molar-refractivity contribution in [2.75, 3.05) is 0 Å². The number of rotatable bonds is 4. The molecule has 2 rings (SSSR count). The van der Waals surface area contributed by atoms with Crippen LogP contribution in [0.5, 0.6) is 0 Å². The Labute approximate surface area is 132 Å². The Kier molecular flexibility index (Phi) is 4.88. The van der Waals surface area contributed by atoms with Gasteiger partial charge < -0.3 is 0 Å². The van der Waals surface area contributed by atoms with Crippen molar-refractivity contribution in [3.05, 3.63) is 63.9 Å². The minimum Gasteiger partial charge on any atom is -0.207 e. The van der Waals surface area contributed by atoms with Crippen molar-refractivity contribution in [3.63, 3.8) is 0 Å². The quantitative estimate of drug-likeness (QED) is 0.901. The van der Waals surface area contributed by atoms with E-state index in [1.54, 1.807) is 19.1 Å². The number of hydrogen-bond donors (Lipinski definition) is 1. The van der Waals surface area contributed by atoms with E-state index in [1.807, 2.05) is 0 Å². The summed E-state index contributed by atoms with van der Waals surface area (Å²) in [5, 5.41) is 0.791. The smallest absolute Gasteiger partial charge is 0.207 e. The standard InChI is InChI=1S/C14H12Cl2FNO2S/c1-9(11-7-6-10(15)8-12(11)16)18-21(19,20)14-5-3-2-4-13(14)17/h2-9,18H,1H3. The van der Waals surface area contributed by atoms with Gasteiger partial charge in [-0.2, -0.15) is 0 Å².